The van der Waals surface area contributed by atoms with Crippen LogP contribution in [-0.2, 0) is 26.0 Å². The van der Waals surface area contributed by atoms with Crippen molar-refractivity contribution in [2.75, 3.05) is 53.6 Å². The Labute approximate surface area is 168 Å². The molecule has 28 heavy (non-hydrogen) atoms. The topological polar surface area (TPSA) is 92.3 Å². The van der Waals surface area contributed by atoms with Gasteiger partial charge in [0.05, 0.1) is 18.1 Å². The third-order valence-electron chi connectivity index (χ3n) is 4.61. The van der Waals surface area contributed by atoms with Crippen molar-refractivity contribution in [3.63, 3.8) is 0 Å². The minimum absolute atomic E-state index is 0.242. The van der Waals surface area contributed by atoms with Gasteiger partial charge in [-0.3, -0.25) is 4.99 Å². The molecule has 158 valence electrons. The number of sulfonamides is 1. The largest absolute Gasteiger partial charge is 0.383 e. The average Bonchev–Trinajstić information content (AvgIpc) is 3.16. The molecule has 2 N–H and O–H groups in total. The van der Waals surface area contributed by atoms with Crippen LogP contribution in [0.2, 0.25) is 0 Å². The molecule has 0 saturated carbocycles. The van der Waals surface area contributed by atoms with E-state index in [-0.39, 0.29) is 11.4 Å². The van der Waals surface area contributed by atoms with Gasteiger partial charge in [0.15, 0.2) is 5.96 Å². The average molecular weight is 413 g/mol. The molecule has 0 aliphatic carbocycles. The SMILES string of the molecule is CCOCC1CCN(C(=NC)NCc2cccc(S(=O)(=O)NCCOC)c2)C1. The predicted octanol–water partition coefficient (Wildman–Crippen LogP) is 1.05. The van der Waals surface area contributed by atoms with Crippen LogP contribution in [0, 0.1) is 5.92 Å². The summed E-state index contributed by atoms with van der Waals surface area (Å²) >= 11 is 0. The summed E-state index contributed by atoms with van der Waals surface area (Å²) in [5, 5.41) is 3.34. The smallest absolute Gasteiger partial charge is 0.240 e. The van der Waals surface area contributed by atoms with E-state index < -0.39 is 10.0 Å². The molecule has 1 saturated heterocycles. The van der Waals surface area contributed by atoms with Crippen molar-refractivity contribution in [1.82, 2.24) is 14.9 Å². The van der Waals surface area contributed by atoms with Gasteiger partial charge >= 0.3 is 0 Å². The van der Waals surface area contributed by atoms with Crippen molar-refractivity contribution in [3.05, 3.63) is 29.8 Å². The molecule has 1 unspecified atom stereocenters. The Hall–Kier alpha value is -1.68. The Morgan fingerprint density at radius 1 is 1.39 bits per heavy atom. The number of ether oxygens (including phenoxy) is 2. The van der Waals surface area contributed by atoms with E-state index in [2.05, 4.69) is 19.9 Å². The van der Waals surface area contributed by atoms with E-state index in [0.29, 0.717) is 19.1 Å². The highest BCUT2D eigenvalue weighted by Crippen LogP contribution is 2.17. The highest BCUT2D eigenvalue weighted by molar-refractivity contribution is 7.89. The lowest BCUT2D eigenvalue weighted by Gasteiger charge is -2.22. The number of nitrogens with one attached hydrogen (secondary N) is 2. The molecule has 8 nitrogen and oxygen atoms in total. The number of benzene rings is 1. The molecule has 1 atom stereocenters. The van der Waals surface area contributed by atoms with Crippen molar-refractivity contribution < 1.29 is 17.9 Å². The van der Waals surface area contributed by atoms with Gasteiger partial charge in [0.1, 0.15) is 0 Å². The molecule has 0 aromatic heterocycles. The number of hydrogen-bond donors (Lipinski definition) is 2. The second-order valence-corrected chi connectivity index (χ2v) is 8.47. The molecule has 9 heteroatoms. The van der Waals surface area contributed by atoms with Crippen LogP contribution < -0.4 is 10.0 Å². The minimum Gasteiger partial charge on any atom is -0.383 e. The number of methoxy groups -OCH3 is 1. The molecule has 0 bridgehead atoms. The first-order valence-electron chi connectivity index (χ1n) is 9.61. The summed E-state index contributed by atoms with van der Waals surface area (Å²) in [6, 6.07) is 6.92. The molecule has 1 fully saturated rings. The van der Waals surface area contributed by atoms with Gasteiger partial charge < -0.3 is 19.7 Å². The van der Waals surface area contributed by atoms with Gasteiger partial charge in [-0.15, -0.1) is 0 Å². The fourth-order valence-corrected chi connectivity index (χ4v) is 4.23. The quantitative estimate of drug-likeness (QED) is 0.339. The van der Waals surface area contributed by atoms with Crippen molar-refractivity contribution in [1.29, 1.82) is 0 Å². The van der Waals surface area contributed by atoms with Crippen LogP contribution >= 0.6 is 0 Å². The van der Waals surface area contributed by atoms with Gasteiger partial charge in [-0.1, -0.05) is 12.1 Å². The van der Waals surface area contributed by atoms with E-state index in [9.17, 15) is 8.42 Å². The summed E-state index contributed by atoms with van der Waals surface area (Å²) in [6.45, 7) is 6.45. The fraction of sp³-hybridized carbons (Fsp3) is 0.632. The van der Waals surface area contributed by atoms with E-state index in [1.807, 2.05) is 13.0 Å². The Bertz CT molecular complexity index is 739. The molecule has 2 rings (SSSR count). The van der Waals surface area contributed by atoms with Gasteiger partial charge in [-0.05, 0) is 31.0 Å². The fourth-order valence-electron chi connectivity index (χ4n) is 3.14. The molecular weight excluding hydrogens is 380 g/mol. The normalized spacial score (nSPS) is 17.9. The minimum atomic E-state index is -3.54. The van der Waals surface area contributed by atoms with Gasteiger partial charge in [-0.25, -0.2) is 13.1 Å². The van der Waals surface area contributed by atoms with Crippen LogP contribution in [0.5, 0.6) is 0 Å². The highest BCUT2D eigenvalue weighted by Gasteiger charge is 2.24. The van der Waals surface area contributed by atoms with E-state index >= 15 is 0 Å². The molecule has 1 aromatic carbocycles. The van der Waals surface area contributed by atoms with Gasteiger partial charge in [0, 0.05) is 52.9 Å². The van der Waals surface area contributed by atoms with Gasteiger partial charge in [0.25, 0.3) is 0 Å². The molecule has 1 heterocycles. The maximum atomic E-state index is 12.4. The summed E-state index contributed by atoms with van der Waals surface area (Å²) in [5.74, 6) is 1.34. The second-order valence-electron chi connectivity index (χ2n) is 6.70. The van der Waals surface area contributed by atoms with E-state index in [4.69, 9.17) is 9.47 Å². The maximum Gasteiger partial charge on any atom is 0.240 e. The first-order chi connectivity index (χ1) is 13.5. The predicted molar refractivity (Wildman–Crippen MR) is 110 cm³/mol. The molecule has 1 aliphatic rings. The summed E-state index contributed by atoms with van der Waals surface area (Å²) < 4.78 is 37.7. The lowest BCUT2D eigenvalue weighted by atomic mass is 10.1. The summed E-state index contributed by atoms with van der Waals surface area (Å²) in [7, 11) is -0.246. The summed E-state index contributed by atoms with van der Waals surface area (Å²) in [5.41, 5.74) is 0.876. The number of hydrogen-bond acceptors (Lipinski definition) is 5. The number of likely N-dealkylation sites (tertiary alicyclic amines) is 1. The van der Waals surface area contributed by atoms with Crippen molar-refractivity contribution >= 4 is 16.0 Å². The van der Waals surface area contributed by atoms with E-state index in [1.165, 1.54) is 7.11 Å². The van der Waals surface area contributed by atoms with Crippen LogP contribution in [0.3, 0.4) is 0 Å². The zero-order valence-electron chi connectivity index (χ0n) is 17.0. The summed E-state index contributed by atoms with van der Waals surface area (Å²) in [4.78, 5) is 6.83. The standard InChI is InChI=1S/C19H32N4O4S/c1-4-27-15-17-8-10-23(14-17)19(20-2)21-13-16-6-5-7-18(12-16)28(24,25)22-9-11-26-3/h5-7,12,17,22H,4,8-11,13-15H2,1-3H3,(H,20,21). The Morgan fingerprint density at radius 3 is 2.93 bits per heavy atom. The number of rotatable bonds is 10. The zero-order chi connectivity index (χ0) is 20.4. The van der Waals surface area contributed by atoms with Gasteiger partial charge in [0.2, 0.25) is 10.0 Å². The first-order valence-corrected chi connectivity index (χ1v) is 11.1. The van der Waals surface area contributed by atoms with Gasteiger partial charge in [-0.2, -0.15) is 0 Å². The van der Waals surface area contributed by atoms with E-state index in [0.717, 1.165) is 44.2 Å². The zero-order valence-corrected chi connectivity index (χ0v) is 17.8. The Kier molecular flexibility index (Phi) is 9.17. The summed E-state index contributed by atoms with van der Waals surface area (Å²) in [6.07, 6.45) is 1.08. The molecule has 1 aromatic rings. The van der Waals surface area contributed by atoms with Crippen LogP contribution in [0.15, 0.2) is 34.2 Å². The highest BCUT2D eigenvalue weighted by atomic mass is 32.2. The Balaban J connectivity index is 1.93. The van der Waals surface area contributed by atoms with Crippen LogP contribution in [0.4, 0.5) is 0 Å². The monoisotopic (exact) mass is 412 g/mol. The third kappa shape index (κ3) is 6.73. The lowest BCUT2D eigenvalue weighted by Crippen LogP contribution is -2.39. The van der Waals surface area contributed by atoms with Crippen molar-refractivity contribution in [3.8, 4) is 0 Å². The number of guanidine groups is 1. The van der Waals surface area contributed by atoms with Crippen molar-refractivity contribution in [2.45, 2.75) is 24.8 Å². The van der Waals surface area contributed by atoms with Crippen molar-refractivity contribution in [2.24, 2.45) is 10.9 Å². The van der Waals surface area contributed by atoms with E-state index in [1.54, 1.807) is 25.2 Å². The molecule has 0 radical (unpaired) electrons. The molecule has 0 amide bonds. The maximum absolute atomic E-state index is 12.4. The van der Waals surface area contributed by atoms with Crippen LogP contribution in [-0.4, -0.2) is 72.9 Å². The molecular formula is C19H32N4O4S. The number of aliphatic imine (C=N–C) groups is 1. The second kappa shape index (κ2) is 11.4. The first kappa shape index (κ1) is 22.6. The van der Waals surface area contributed by atoms with Crippen LogP contribution in [0.1, 0.15) is 18.9 Å². The molecule has 0 spiro atoms. The molecule has 1 aliphatic heterocycles. The Morgan fingerprint density at radius 2 is 2.21 bits per heavy atom. The lowest BCUT2D eigenvalue weighted by molar-refractivity contribution is 0.114. The number of nitrogens with zero attached hydrogens (tertiary/aromatic N) is 2. The van der Waals surface area contributed by atoms with Crippen LogP contribution in [0.25, 0.3) is 0 Å². The third-order valence-corrected chi connectivity index (χ3v) is 6.07.